The highest BCUT2D eigenvalue weighted by Gasteiger charge is 2.26. The van der Waals surface area contributed by atoms with E-state index in [1.165, 1.54) is 11.4 Å². The maximum atomic E-state index is 9.81. The first-order valence-electron chi connectivity index (χ1n) is 8.80. The summed E-state index contributed by atoms with van der Waals surface area (Å²) in [6.07, 6.45) is 0. The SMILES string of the molecule is Cc1c(C(C)C)c(N2CCOCC2)n2c(nc3ccccc32)c1C#N. The van der Waals surface area contributed by atoms with Gasteiger partial charge >= 0.3 is 0 Å². The van der Waals surface area contributed by atoms with Crippen LogP contribution in [0, 0.1) is 18.3 Å². The second-order valence-corrected chi connectivity index (χ2v) is 6.86. The van der Waals surface area contributed by atoms with E-state index in [-0.39, 0.29) is 0 Å². The molecule has 25 heavy (non-hydrogen) atoms. The molecule has 0 saturated carbocycles. The molecular weight excluding hydrogens is 312 g/mol. The van der Waals surface area contributed by atoms with Crippen molar-refractivity contribution < 1.29 is 4.74 Å². The Morgan fingerprint density at radius 2 is 1.92 bits per heavy atom. The van der Waals surface area contributed by atoms with Gasteiger partial charge in [0.2, 0.25) is 0 Å². The number of nitrogens with zero attached hydrogens (tertiary/aromatic N) is 4. The van der Waals surface area contributed by atoms with E-state index in [1.807, 2.05) is 18.2 Å². The summed E-state index contributed by atoms with van der Waals surface area (Å²) >= 11 is 0. The summed E-state index contributed by atoms with van der Waals surface area (Å²) in [5, 5.41) is 9.81. The van der Waals surface area contributed by atoms with E-state index in [4.69, 9.17) is 9.72 Å². The zero-order valence-corrected chi connectivity index (χ0v) is 14.9. The molecule has 1 fully saturated rings. The maximum absolute atomic E-state index is 9.81. The number of anilines is 1. The van der Waals surface area contributed by atoms with Gasteiger partial charge in [-0.3, -0.25) is 4.40 Å². The van der Waals surface area contributed by atoms with Gasteiger partial charge in [-0.05, 0) is 30.5 Å². The molecule has 1 saturated heterocycles. The Hall–Kier alpha value is -2.58. The van der Waals surface area contributed by atoms with Crippen molar-refractivity contribution in [2.75, 3.05) is 31.2 Å². The molecule has 0 aliphatic carbocycles. The van der Waals surface area contributed by atoms with Gasteiger partial charge in [0.05, 0.1) is 29.8 Å². The van der Waals surface area contributed by atoms with Crippen LogP contribution in [0.15, 0.2) is 24.3 Å². The average Bonchev–Trinajstić information content (AvgIpc) is 3.00. The van der Waals surface area contributed by atoms with Crippen molar-refractivity contribution in [3.8, 4) is 6.07 Å². The van der Waals surface area contributed by atoms with Gasteiger partial charge < -0.3 is 9.64 Å². The van der Waals surface area contributed by atoms with Crippen molar-refractivity contribution in [1.29, 1.82) is 5.26 Å². The molecule has 3 aromatic rings. The number of hydrogen-bond donors (Lipinski definition) is 0. The summed E-state index contributed by atoms with van der Waals surface area (Å²) in [6, 6.07) is 10.5. The Kier molecular flexibility index (Phi) is 3.85. The molecular formula is C20H22N4O. The van der Waals surface area contributed by atoms with E-state index < -0.39 is 0 Å². The van der Waals surface area contributed by atoms with E-state index >= 15 is 0 Å². The smallest absolute Gasteiger partial charge is 0.157 e. The molecule has 5 nitrogen and oxygen atoms in total. The summed E-state index contributed by atoms with van der Waals surface area (Å²) in [5.41, 5.74) is 5.69. The number of hydrogen-bond acceptors (Lipinski definition) is 4. The van der Waals surface area contributed by atoms with E-state index in [9.17, 15) is 5.26 Å². The van der Waals surface area contributed by atoms with E-state index in [0.717, 1.165) is 48.5 Å². The van der Waals surface area contributed by atoms with Crippen LogP contribution in [-0.2, 0) is 4.74 Å². The topological polar surface area (TPSA) is 53.6 Å². The van der Waals surface area contributed by atoms with Crippen molar-refractivity contribution in [1.82, 2.24) is 9.38 Å². The minimum absolute atomic E-state index is 0.315. The average molecular weight is 334 g/mol. The number of morpholine rings is 1. The third kappa shape index (κ3) is 2.37. The fourth-order valence-corrected chi connectivity index (χ4v) is 3.91. The molecule has 0 spiro atoms. The number of para-hydroxylation sites is 2. The molecule has 3 heterocycles. The summed E-state index contributed by atoms with van der Waals surface area (Å²) in [6.45, 7) is 9.60. The van der Waals surface area contributed by atoms with Crippen molar-refractivity contribution in [2.45, 2.75) is 26.7 Å². The maximum Gasteiger partial charge on any atom is 0.157 e. The molecule has 2 aromatic heterocycles. The standard InChI is InChI=1S/C20H22N4O/c1-13(2)18-14(3)15(12-21)19-22-16-6-4-5-7-17(16)24(19)20(18)23-8-10-25-11-9-23/h4-7,13H,8-11H2,1-3H3. The Morgan fingerprint density at radius 3 is 2.60 bits per heavy atom. The van der Waals surface area contributed by atoms with Crippen LogP contribution in [0.3, 0.4) is 0 Å². The molecule has 0 unspecified atom stereocenters. The number of imidazole rings is 1. The van der Waals surface area contributed by atoms with Crippen LogP contribution in [-0.4, -0.2) is 35.7 Å². The fourth-order valence-electron chi connectivity index (χ4n) is 3.91. The van der Waals surface area contributed by atoms with Crippen molar-refractivity contribution in [2.24, 2.45) is 0 Å². The largest absolute Gasteiger partial charge is 0.378 e. The molecule has 0 N–H and O–H groups in total. The molecule has 0 bridgehead atoms. The molecule has 128 valence electrons. The lowest BCUT2D eigenvalue weighted by molar-refractivity contribution is 0.122. The predicted octanol–water partition coefficient (Wildman–Crippen LogP) is 3.63. The molecule has 1 aromatic carbocycles. The quantitative estimate of drug-likeness (QED) is 0.718. The second-order valence-electron chi connectivity index (χ2n) is 6.86. The van der Waals surface area contributed by atoms with Crippen LogP contribution in [0.4, 0.5) is 5.82 Å². The molecule has 0 radical (unpaired) electrons. The van der Waals surface area contributed by atoms with Gasteiger partial charge in [-0.1, -0.05) is 26.0 Å². The normalized spacial score (nSPS) is 15.2. The lowest BCUT2D eigenvalue weighted by Gasteiger charge is -2.33. The Morgan fingerprint density at radius 1 is 1.20 bits per heavy atom. The zero-order chi connectivity index (χ0) is 17.6. The van der Waals surface area contributed by atoms with Crippen LogP contribution in [0.1, 0.15) is 36.5 Å². The second kappa shape index (κ2) is 6.05. The van der Waals surface area contributed by atoms with Gasteiger partial charge in [0, 0.05) is 18.7 Å². The predicted molar refractivity (Wildman–Crippen MR) is 99.3 cm³/mol. The summed E-state index contributed by atoms with van der Waals surface area (Å²) in [4.78, 5) is 7.17. The van der Waals surface area contributed by atoms with E-state index in [2.05, 4.69) is 42.2 Å². The van der Waals surface area contributed by atoms with Gasteiger partial charge in [0.15, 0.2) is 5.65 Å². The number of benzene rings is 1. The number of pyridine rings is 1. The lowest BCUT2D eigenvalue weighted by Crippen LogP contribution is -2.38. The van der Waals surface area contributed by atoms with Gasteiger partial charge in [-0.25, -0.2) is 4.98 Å². The molecule has 1 aliphatic heterocycles. The summed E-state index contributed by atoms with van der Waals surface area (Å²) < 4.78 is 7.74. The number of fused-ring (bicyclic) bond motifs is 3. The van der Waals surface area contributed by atoms with E-state index in [0.29, 0.717) is 11.5 Å². The third-order valence-electron chi connectivity index (χ3n) is 5.02. The van der Waals surface area contributed by atoms with Crippen molar-refractivity contribution in [3.05, 3.63) is 41.0 Å². The molecule has 0 atom stereocenters. The first-order valence-corrected chi connectivity index (χ1v) is 8.80. The number of aromatic nitrogens is 2. The number of nitriles is 1. The minimum atomic E-state index is 0.315. The van der Waals surface area contributed by atoms with Crippen molar-refractivity contribution >= 4 is 22.5 Å². The number of rotatable bonds is 2. The van der Waals surface area contributed by atoms with Crippen LogP contribution < -0.4 is 4.90 Å². The van der Waals surface area contributed by atoms with Gasteiger partial charge in [0.25, 0.3) is 0 Å². The Bertz CT molecular complexity index is 990. The van der Waals surface area contributed by atoms with Crippen LogP contribution >= 0.6 is 0 Å². The van der Waals surface area contributed by atoms with Crippen molar-refractivity contribution in [3.63, 3.8) is 0 Å². The summed E-state index contributed by atoms with van der Waals surface area (Å²) in [5.74, 6) is 1.48. The Labute approximate surface area is 147 Å². The van der Waals surface area contributed by atoms with Gasteiger partial charge in [-0.2, -0.15) is 5.26 Å². The molecule has 1 aliphatic rings. The highest BCUT2D eigenvalue weighted by Crippen LogP contribution is 2.37. The van der Waals surface area contributed by atoms with Gasteiger partial charge in [-0.15, -0.1) is 0 Å². The van der Waals surface area contributed by atoms with Crippen LogP contribution in [0.2, 0.25) is 0 Å². The first kappa shape index (κ1) is 15.9. The molecule has 4 rings (SSSR count). The van der Waals surface area contributed by atoms with Crippen LogP contribution in [0.5, 0.6) is 0 Å². The minimum Gasteiger partial charge on any atom is -0.378 e. The van der Waals surface area contributed by atoms with Crippen LogP contribution in [0.25, 0.3) is 16.7 Å². The monoisotopic (exact) mass is 334 g/mol. The molecule has 0 amide bonds. The Balaban J connectivity index is 2.18. The first-order chi connectivity index (χ1) is 12.1. The summed E-state index contributed by atoms with van der Waals surface area (Å²) in [7, 11) is 0. The lowest BCUT2D eigenvalue weighted by atomic mass is 9.94. The highest BCUT2D eigenvalue weighted by molar-refractivity contribution is 5.86. The highest BCUT2D eigenvalue weighted by atomic mass is 16.5. The van der Waals surface area contributed by atoms with E-state index in [1.54, 1.807) is 0 Å². The zero-order valence-electron chi connectivity index (χ0n) is 14.9. The third-order valence-corrected chi connectivity index (χ3v) is 5.02. The fraction of sp³-hybridized carbons (Fsp3) is 0.400. The van der Waals surface area contributed by atoms with Gasteiger partial charge in [0.1, 0.15) is 11.9 Å². The number of ether oxygens (including phenoxy) is 1. The molecule has 5 heteroatoms.